The van der Waals surface area contributed by atoms with Gasteiger partial charge in [0.25, 0.3) is 0 Å². The molecule has 12 nitrogen and oxygen atoms in total. The molecule has 0 aromatic carbocycles. The van der Waals surface area contributed by atoms with Crippen molar-refractivity contribution in [3.05, 3.63) is 83.5 Å². The van der Waals surface area contributed by atoms with Gasteiger partial charge in [-0.1, -0.05) is 67.7 Å². The van der Waals surface area contributed by atoms with Gasteiger partial charge >= 0.3 is 17.7 Å². The predicted octanol–water partition coefficient (Wildman–Crippen LogP) is 4.42. The van der Waals surface area contributed by atoms with Crippen molar-refractivity contribution in [1.29, 1.82) is 0 Å². The van der Waals surface area contributed by atoms with Crippen LogP contribution in [0.5, 0.6) is 0 Å². The van der Waals surface area contributed by atoms with Gasteiger partial charge in [-0.2, -0.15) is 13.8 Å². The van der Waals surface area contributed by atoms with E-state index in [2.05, 4.69) is 83.3 Å². The van der Waals surface area contributed by atoms with Gasteiger partial charge in [-0.05, 0) is 58.1 Å². The lowest BCUT2D eigenvalue weighted by Gasteiger charge is -2.20. The second-order valence-corrected chi connectivity index (χ2v) is 11.5. The minimum Gasteiger partial charge on any atom is -0.447 e. The standard InChI is InChI=1S/C35H52F2N6O6/c1-3-4-5-6-7-8-9-10-11-12-13-14-15-16-17-18-19-20-30(44)39-22-25-42(2)26-23-40-34(47)48-27-28-31(45)35(36,37)32(49-28)43-24-21-29(38)41-33(43)46/h4-5,7-8,10-11,13-14,16-17,21,24,28,31-32,45H,3,6,9,12,15,18-20,22-23,25-27H2,1-2H3,(H,39,44)(H,40,47)(H2,38,41,46)/b5-4-,8-7-,11-10-,14-13-,17-16-/t28-,31-,32-/m1/s1. The summed E-state index contributed by atoms with van der Waals surface area (Å²) >= 11 is 0. The number of alkyl halides is 2. The molecule has 1 saturated heterocycles. The molecule has 2 amide bonds. The summed E-state index contributed by atoms with van der Waals surface area (Å²) in [5, 5.41) is 15.4. The molecular weight excluding hydrogens is 638 g/mol. The normalized spacial score (nSPS) is 19.3. The summed E-state index contributed by atoms with van der Waals surface area (Å²) in [6.07, 6.45) is 22.4. The molecule has 2 heterocycles. The lowest BCUT2D eigenvalue weighted by molar-refractivity contribution is -0.140. The highest BCUT2D eigenvalue weighted by molar-refractivity contribution is 5.75. The zero-order chi connectivity index (χ0) is 35.9. The first kappa shape index (κ1) is 41.0. The van der Waals surface area contributed by atoms with Crippen LogP contribution >= 0.6 is 0 Å². The molecule has 1 aromatic heterocycles. The van der Waals surface area contributed by atoms with E-state index in [1.165, 1.54) is 0 Å². The molecular formula is C35H52F2N6O6. The zero-order valence-corrected chi connectivity index (χ0v) is 28.5. The first-order valence-corrected chi connectivity index (χ1v) is 16.7. The molecule has 2 rings (SSSR count). The fraction of sp³-hybridized carbons (Fsp3) is 0.543. The topological polar surface area (TPSA) is 161 Å². The van der Waals surface area contributed by atoms with Crippen LogP contribution in [0, 0.1) is 0 Å². The first-order chi connectivity index (χ1) is 23.6. The number of ether oxygens (including phenoxy) is 2. The van der Waals surface area contributed by atoms with E-state index in [9.17, 15) is 28.3 Å². The molecule has 1 aliphatic heterocycles. The van der Waals surface area contributed by atoms with Crippen molar-refractivity contribution in [3.8, 4) is 0 Å². The summed E-state index contributed by atoms with van der Waals surface area (Å²) in [6, 6.07) is 1.14. The number of likely N-dealkylation sites (N-methyl/N-ethyl adjacent to an activating group) is 1. The number of alkyl carbamates (subject to hydrolysis) is 1. The Bertz CT molecular complexity index is 1350. The van der Waals surface area contributed by atoms with Crippen molar-refractivity contribution < 1.29 is 33.0 Å². The van der Waals surface area contributed by atoms with Crippen molar-refractivity contribution in [2.45, 2.75) is 82.6 Å². The Morgan fingerprint density at radius 3 is 2.18 bits per heavy atom. The van der Waals surface area contributed by atoms with Gasteiger partial charge in [-0.15, -0.1) is 0 Å². The van der Waals surface area contributed by atoms with Gasteiger partial charge in [-0.3, -0.25) is 9.36 Å². The number of nitrogens with one attached hydrogen (secondary N) is 2. The number of halogens is 2. The number of nitrogens with two attached hydrogens (primary N) is 1. The Hall–Kier alpha value is -4.14. The lowest BCUT2D eigenvalue weighted by atomic mass is 10.1. The smallest absolute Gasteiger partial charge is 0.407 e. The quantitative estimate of drug-likeness (QED) is 0.102. The number of aliphatic hydroxyl groups excluding tert-OH is 1. The Kier molecular flexibility index (Phi) is 19.5. The molecule has 5 N–H and O–H groups in total. The molecule has 0 radical (unpaired) electrons. The second-order valence-electron chi connectivity index (χ2n) is 11.5. The van der Waals surface area contributed by atoms with Gasteiger partial charge in [0.2, 0.25) is 12.1 Å². The van der Waals surface area contributed by atoms with Gasteiger partial charge < -0.3 is 35.8 Å². The summed E-state index contributed by atoms with van der Waals surface area (Å²) in [5.41, 5.74) is 4.32. The van der Waals surface area contributed by atoms with Gasteiger partial charge in [0.1, 0.15) is 18.5 Å². The van der Waals surface area contributed by atoms with E-state index in [4.69, 9.17) is 15.2 Å². The third-order valence-corrected chi connectivity index (χ3v) is 7.37. The van der Waals surface area contributed by atoms with Crippen molar-refractivity contribution in [3.63, 3.8) is 0 Å². The van der Waals surface area contributed by atoms with Crippen molar-refractivity contribution in [2.24, 2.45) is 0 Å². The Morgan fingerprint density at radius 1 is 1.02 bits per heavy atom. The third-order valence-electron chi connectivity index (χ3n) is 7.37. The Labute approximate surface area is 287 Å². The second kappa shape index (κ2) is 23.3. The number of allylic oxidation sites excluding steroid dienone is 10. The van der Waals surface area contributed by atoms with E-state index in [0.717, 1.165) is 57.2 Å². The van der Waals surface area contributed by atoms with Crippen LogP contribution in [-0.2, 0) is 14.3 Å². The number of carbonyl (C=O) groups excluding carboxylic acids is 2. The summed E-state index contributed by atoms with van der Waals surface area (Å²) in [6.45, 7) is 3.08. The summed E-state index contributed by atoms with van der Waals surface area (Å²) in [4.78, 5) is 41.4. The largest absolute Gasteiger partial charge is 0.447 e. The number of amides is 2. The summed E-state index contributed by atoms with van der Waals surface area (Å²) in [5.74, 6) is -4.02. The lowest BCUT2D eigenvalue weighted by Crippen LogP contribution is -2.42. The van der Waals surface area contributed by atoms with E-state index < -0.39 is 42.7 Å². The number of aromatic nitrogens is 2. The highest BCUT2D eigenvalue weighted by atomic mass is 19.3. The van der Waals surface area contributed by atoms with Crippen molar-refractivity contribution in [1.82, 2.24) is 25.1 Å². The van der Waals surface area contributed by atoms with Crippen LogP contribution in [0.3, 0.4) is 0 Å². The molecule has 14 heteroatoms. The molecule has 0 saturated carbocycles. The van der Waals surface area contributed by atoms with Crippen LogP contribution in [0.25, 0.3) is 0 Å². The number of hydrogen-bond donors (Lipinski definition) is 4. The molecule has 49 heavy (non-hydrogen) atoms. The molecule has 3 atom stereocenters. The van der Waals surface area contributed by atoms with Crippen LogP contribution in [0.1, 0.15) is 64.5 Å². The van der Waals surface area contributed by atoms with E-state index in [1.807, 2.05) is 11.9 Å². The molecule has 0 bridgehead atoms. The number of nitrogens with zero attached hydrogens (tertiary/aromatic N) is 3. The molecule has 1 aliphatic rings. The Balaban J connectivity index is 1.49. The average Bonchev–Trinajstić information content (AvgIpc) is 3.28. The van der Waals surface area contributed by atoms with Crippen molar-refractivity contribution >= 4 is 17.8 Å². The number of anilines is 1. The summed E-state index contributed by atoms with van der Waals surface area (Å²) in [7, 11) is 1.82. The van der Waals surface area contributed by atoms with Crippen LogP contribution in [0.15, 0.2) is 77.8 Å². The minimum atomic E-state index is -3.85. The van der Waals surface area contributed by atoms with E-state index in [1.54, 1.807) is 0 Å². The molecule has 0 aliphatic carbocycles. The van der Waals surface area contributed by atoms with Gasteiger partial charge in [-0.25, -0.2) is 9.59 Å². The van der Waals surface area contributed by atoms with E-state index in [-0.39, 0.29) is 18.3 Å². The number of unbranched alkanes of at least 4 members (excludes halogenated alkanes) is 1. The molecule has 1 fully saturated rings. The molecule has 272 valence electrons. The van der Waals surface area contributed by atoms with Gasteiger partial charge in [0.05, 0.1) is 0 Å². The number of hydrogen-bond acceptors (Lipinski definition) is 9. The fourth-order valence-corrected chi connectivity index (χ4v) is 4.60. The highest BCUT2D eigenvalue weighted by Crippen LogP contribution is 2.42. The highest BCUT2D eigenvalue weighted by Gasteiger charge is 2.60. The van der Waals surface area contributed by atoms with Crippen LogP contribution in [0.4, 0.5) is 19.4 Å². The van der Waals surface area contributed by atoms with E-state index in [0.29, 0.717) is 30.6 Å². The average molecular weight is 691 g/mol. The molecule has 1 aromatic rings. The maximum absolute atomic E-state index is 14.6. The van der Waals surface area contributed by atoms with E-state index >= 15 is 0 Å². The van der Waals surface area contributed by atoms with Crippen LogP contribution in [0.2, 0.25) is 0 Å². The minimum absolute atomic E-state index is 0.0240. The number of nitrogen functional groups attached to an aromatic ring is 1. The number of carbonyl (C=O) groups is 2. The number of rotatable bonds is 22. The maximum atomic E-state index is 14.6. The summed E-state index contributed by atoms with van der Waals surface area (Å²) < 4.78 is 39.8. The maximum Gasteiger partial charge on any atom is 0.407 e. The number of aliphatic hydroxyl groups is 1. The predicted molar refractivity (Wildman–Crippen MR) is 186 cm³/mol. The van der Waals surface area contributed by atoms with Crippen LogP contribution < -0.4 is 22.1 Å². The van der Waals surface area contributed by atoms with Gasteiger partial charge in [0, 0.05) is 38.8 Å². The molecule has 0 spiro atoms. The van der Waals surface area contributed by atoms with Crippen LogP contribution in [-0.4, -0.2) is 89.5 Å². The van der Waals surface area contributed by atoms with Crippen molar-refractivity contribution in [2.75, 3.05) is 45.6 Å². The monoisotopic (exact) mass is 690 g/mol. The SMILES string of the molecule is CC/C=C\C/C=C\C/C=C\C/C=C\C/C=C\CCCC(=O)NCCN(C)CCNC(=O)OC[C@H]1O[C@@H](n2ccc(N)nc2=O)C(F)(F)[C@@H]1O. The van der Waals surface area contributed by atoms with Gasteiger partial charge in [0.15, 0.2) is 6.10 Å². The fourth-order valence-electron chi connectivity index (χ4n) is 4.60. The molecule has 0 unspecified atom stereocenters. The first-order valence-electron chi connectivity index (χ1n) is 16.7. The Morgan fingerprint density at radius 2 is 1.59 bits per heavy atom. The third kappa shape index (κ3) is 16.2. The zero-order valence-electron chi connectivity index (χ0n) is 28.5.